The van der Waals surface area contributed by atoms with Crippen molar-refractivity contribution >= 4 is 32.7 Å². The van der Waals surface area contributed by atoms with Crippen LogP contribution in [-0.4, -0.2) is 66.7 Å². The zero-order chi connectivity index (χ0) is 23.1. The molecule has 0 radical (unpaired) electrons. The standard InChI is InChI=1S/C23H31N3O5S/c1-23(2,3)31-22(27)25-9-5-17(6-10-25)20-14-18-13-19(24-15-21(18)30-20)16-7-11-26(12-8-16)32(4,28)29/h7,13-15,17H,5-6,8-12H2,1-4H3. The molecule has 32 heavy (non-hydrogen) atoms. The van der Waals surface area contributed by atoms with Crippen molar-refractivity contribution in [1.82, 2.24) is 14.2 Å². The van der Waals surface area contributed by atoms with Gasteiger partial charge in [0.05, 0.1) is 18.1 Å². The molecule has 0 aromatic carbocycles. The van der Waals surface area contributed by atoms with E-state index in [1.807, 2.05) is 32.9 Å². The van der Waals surface area contributed by atoms with E-state index in [-0.39, 0.29) is 12.0 Å². The number of furan rings is 1. The molecule has 0 aliphatic carbocycles. The number of aromatic nitrogens is 1. The van der Waals surface area contributed by atoms with Crippen LogP contribution in [0.5, 0.6) is 0 Å². The summed E-state index contributed by atoms with van der Waals surface area (Å²) in [4.78, 5) is 18.6. The smallest absolute Gasteiger partial charge is 0.410 e. The Hall–Kier alpha value is -2.39. The Kier molecular flexibility index (Phi) is 6.06. The molecule has 2 aromatic rings. The van der Waals surface area contributed by atoms with Gasteiger partial charge < -0.3 is 14.1 Å². The molecule has 0 bridgehead atoms. The molecular weight excluding hydrogens is 430 g/mol. The van der Waals surface area contributed by atoms with E-state index >= 15 is 0 Å². The molecule has 8 nitrogen and oxygen atoms in total. The minimum atomic E-state index is -3.17. The molecule has 2 aliphatic heterocycles. The first-order chi connectivity index (χ1) is 15.0. The highest BCUT2D eigenvalue weighted by molar-refractivity contribution is 7.88. The molecule has 0 spiro atoms. The summed E-state index contributed by atoms with van der Waals surface area (Å²) in [5.74, 6) is 1.17. The first-order valence-electron chi connectivity index (χ1n) is 11.0. The summed E-state index contributed by atoms with van der Waals surface area (Å²) in [6.07, 6.45) is 6.95. The number of hydrogen-bond donors (Lipinski definition) is 0. The number of likely N-dealkylation sites (tertiary alicyclic amines) is 1. The summed E-state index contributed by atoms with van der Waals surface area (Å²) in [6, 6.07) is 4.08. The Morgan fingerprint density at radius 1 is 1.19 bits per heavy atom. The average molecular weight is 462 g/mol. The van der Waals surface area contributed by atoms with E-state index in [2.05, 4.69) is 11.1 Å². The first kappa shape index (κ1) is 22.8. The Balaban J connectivity index is 1.43. The normalized spacial score (nSPS) is 19.2. The van der Waals surface area contributed by atoms with E-state index in [4.69, 9.17) is 9.15 Å². The number of rotatable bonds is 3. The maximum atomic E-state index is 12.3. The third-order valence-electron chi connectivity index (χ3n) is 5.94. The van der Waals surface area contributed by atoms with E-state index in [1.54, 1.807) is 11.1 Å². The average Bonchev–Trinajstić information content (AvgIpc) is 3.15. The number of ether oxygens (including phenoxy) is 1. The van der Waals surface area contributed by atoms with Crippen LogP contribution >= 0.6 is 0 Å². The van der Waals surface area contributed by atoms with Gasteiger partial charge in [-0.2, -0.15) is 4.31 Å². The number of piperidine rings is 1. The van der Waals surface area contributed by atoms with Crippen LogP contribution in [0.25, 0.3) is 16.5 Å². The molecule has 1 amide bonds. The molecule has 0 atom stereocenters. The van der Waals surface area contributed by atoms with Crippen molar-refractivity contribution in [3.05, 3.63) is 35.9 Å². The molecule has 0 saturated carbocycles. The third-order valence-corrected chi connectivity index (χ3v) is 7.21. The van der Waals surface area contributed by atoms with E-state index in [0.717, 1.165) is 40.8 Å². The number of amides is 1. The lowest BCUT2D eigenvalue weighted by Crippen LogP contribution is -2.41. The van der Waals surface area contributed by atoms with Crippen LogP contribution in [0.4, 0.5) is 4.79 Å². The highest BCUT2D eigenvalue weighted by atomic mass is 32.2. The summed E-state index contributed by atoms with van der Waals surface area (Å²) in [6.45, 7) is 7.75. The van der Waals surface area contributed by atoms with E-state index in [0.29, 0.717) is 32.6 Å². The van der Waals surface area contributed by atoms with Gasteiger partial charge in [0, 0.05) is 37.5 Å². The summed E-state index contributed by atoms with van der Waals surface area (Å²) >= 11 is 0. The lowest BCUT2D eigenvalue weighted by Gasteiger charge is -2.32. The monoisotopic (exact) mass is 461 g/mol. The Morgan fingerprint density at radius 3 is 2.50 bits per heavy atom. The second-order valence-corrected chi connectivity index (χ2v) is 11.6. The number of carbonyl (C=O) groups is 1. The van der Waals surface area contributed by atoms with Gasteiger partial charge in [-0.25, -0.2) is 13.2 Å². The SMILES string of the molecule is CC(C)(C)OC(=O)N1CCC(c2cc3cc(C4=CCN(S(C)(=O)=O)CC4)ncc3o2)CC1. The molecule has 1 saturated heterocycles. The zero-order valence-electron chi connectivity index (χ0n) is 19.1. The van der Waals surface area contributed by atoms with Crippen molar-refractivity contribution in [1.29, 1.82) is 0 Å². The summed E-state index contributed by atoms with van der Waals surface area (Å²) in [5.41, 5.74) is 2.17. The van der Waals surface area contributed by atoms with Gasteiger partial charge in [-0.3, -0.25) is 4.98 Å². The Bertz CT molecular complexity index is 1140. The van der Waals surface area contributed by atoms with Crippen LogP contribution in [0.2, 0.25) is 0 Å². The quantitative estimate of drug-likeness (QED) is 0.686. The number of fused-ring (bicyclic) bond motifs is 1. The lowest BCUT2D eigenvalue weighted by molar-refractivity contribution is 0.0200. The predicted octanol–water partition coefficient (Wildman–Crippen LogP) is 3.99. The van der Waals surface area contributed by atoms with Crippen molar-refractivity contribution in [3.8, 4) is 0 Å². The number of nitrogens with zero attached hydrogens (tertiary/aromatic N) is 3. The molecule has 174 valence electrons. The molecule has 2 aliphatic rings. The van der Waals surface area contributed by atoms with Crippen molar-refractivity contribution < 1.29 is 22.4 Å². The maximum Gasteiger partial charge on any atom is 0.410 e. The highest BCUT2D eigenvalue weighted by Crippen LogP contribution is 2.34. The summed E-state index contributed by atoms with van der Waals surface area (Å²) in [7, 11) is -3.17. The van der Waals surface area contributed by atoms with Crippen LogP contribution in [0.15, 0.2) is 28.8 Å². The van der Waals surface area contributed by atoms with E-state index < -0.39 is 15.6 Å². The number of hydrogen-bond acceptors (Lipinski definition) is 6. The van der Waals surface area contributed by atoms with Crippen molar-refractivity contribution in [2.24, 2.45) is 0 Å². The molecule has 4 heterocycles. The van der Waals surface area contributed by atoms with Crippen LogP contribution in [0.1, 0.15) is 57.4 Å². The molecule has 0 N–H and O–H groups in total. The van der Waals surface area contributed by atoms with Gasteiger partial charge >= 0.3 is 6.09 Å². The maximum absolute atomic E-state index is 12.3. The minimum Gasteiger partial charge on any atom is -0.459 e. The topological polar surface area (TPSA) is 93.0 Å². The van der Waals surface area contributed by atoms with Crippen LogP contribution in [0.3, 0.4) is 0 Å². The number of carbonyl (C=O) groups excluding carboxylic acids is 1. The lowest BCUT2D eigenvalue weighted by atomic mass is 9.94. The van der Waals surface area contributed by atoms with Gasteiger partial charge in [0.15, 0.2) is 5.58 Å². The number of sulfonamides is 1. The summed E-state index contributed by atoms with van der Waals surface area (Å²) in [5, 5.41) is 0.992. The molecule has 0 unspecified atom stereocenters. The van der Waals surface area contributed by atoms with Crippen molar-refractivity contribution in [2.75, 3.05) is 32.4 Å². The third kappa shape index (κ3) is 5.15. The predicted molar refractivity (Wildman–Crippen MR) is 123 cm³/mol. The van der Waals surface area contributed by atoms with E-state index in [9.17, 15) is 13.2 Å². The zero-order valence-corrected chi connectivity index (χ0v) is 19.9. The van der Waals surface area contributed by atoms with Crippen LogP contribution < -0.4 is 0 Å². The Morgan fingerprint density at radius 2 is 1.91 bits per heavy atom. The van der Waals surface area contributed by atoms with Crippen LogP contribution in [0, 0.1) is 0 Å². The van der Waals surface area contributed by atoms with Gasteiger partial charge in [-0.05, 0) is 57.7 Å². The first-order valence-corrected chi connectivity index (χ1v) is 12.9. The molecule has 1 fully saturated rings. The Labute approximate surface area is 189 Å². The van der Waals surface area contributed by atoms with Crippen LogP contribution in [-0.2, 0) is 14.8 Å². The fourth-order valence-corrected chi connectivity index (χ4v) is 4.97. The molecule has 2 aromatic heterocycles. The van der Waals surface area contributed by atoms with Gasteiger partial charge in [0.2, 0.25) is 10.0 Å². The van der Waals surface area contributed by atoms with E-state index in [1.165, 1.54) is 10.6 Å². The van der Waals surface area contributed by atoms with Gasteiger partial charge in [-0.15, -0.1) is 0 Å². The van der Waals surface area contributed by atoms with Gasteiger partial charge in [0.1, 0.15) is 11.4 Å². The highest BCUT2D eigenvalue weighted by Gasteiger charge is 2.29. The second kappa shape index (κ2) is 8.51. The second-order valence-electron chi connectivity index (χ2n) is 9.60. The minimum absolute atomic E-state index is 0.252. The van der Waals surface area contributed by atoms with Gasteiger partial charge in [-0.1, -0.05) is 6.08 Å². The van der Waals surface area contributed by atoms with Crippen molar-refractivity contribution in [2.45, 2.75) is 51.6 Å². The molecule has 4 rings (SSSR count). The van der Waals surface area contributed by atoms with Crippen molar-refractivity contribution in [3.63, 3.8) is 0 Å². The summed E-state index contributed by atoms with van der Waals surface area (Å²) < 4.78 is 36.5. The number of pyridine rings is 1. The fourth-order valence-electron chi connectivity index (χ4n) is 4.20. The van der Waals surface area contributed by atoms with Gasteiger partial charge in [0.25, 0.3) is 0 Å². The fraction of sp³-hybridized carbons (Fsp3) is 0.565. The molecular formula is C23H31N3O5S. The molecule has 9 heteroatoms. The largest absolute Gasteiger partial charge is 0.459 e.